The molecule has 102 valence electrons. The molecule has 3 aromatic rings. The summed E-state index contributed by atoms with van der Waals surface area (Å²) in [5.74, 6) is 0. The summed E-state index contributed by atoms with van der Waals surface area (Å²) >= 11 is 11.1. The maximum atomic E-state index is 6.06. The minimum Gasteiger partial charge on any atom is -0.380 e. The minimum atomic E-state index is 0.753. The van der Waals surface area contributed by atoms with Crippen LogP contribution >= 0.6 is 38.9 Å². The van der Waals surface area contributed by atoms with Crippen LogP contribution in [0.4, 0.5) is 5.69 Å². The van der Waals surface area contributed by atoms with Gasteiger partial charge in [0.1, 0.15) is 4.34 Å². The molecule has 1 N–H and O–H groups in total. The molecule has 0 amide bonds. The van der Waals surface area contributed by atoms with Crippen molar-refractivity contribution >= 4 is 55.5 Å². The zero-order chi connectivity index (χ0) is 14.1. The highest BCUT2D eigenvalue weighted by atomic mass is 79.9. The molecule has 2 aromatic heterocycles. The Hall–Kier alpha value is -1.10. The molecule has 0 bridgehead atoms. The Kier molecular flexibility index (Phi) is 3.96. The maximum absolute atomic E-state index is 6.06. The number of hydrogen-bond donors (Lipinski definition) is 1. The van der Waals surface area contributed by atoms with E-state index >= 15 is 0 Å². The molecule has 0 radical (unpaired) electrons. The maximum Gasteiger partial charge on any atom is 0.107 e. The first-order chi connectivity index (χ1) is 9.65. The van der Waals surface area contributed by atoms with E-state index in [-0.39, 0.29) is 0 Å². The first-order valence-electron chi connectivity index (χ1n) is 6.17. The molecule has 0 saturated heterocycles. The summed E-state index contributed by atoms with van der Waals surface area (Å²) in [5.41, 5.74) is 3.33. The summed E-state index contributed by atoms with van der Waals surface area (Å²) < 4.78 is 1.74. The first-order valence-corrected chi connectivity index (χ1v) is 8.16. The second-order valence-corrected chi connectivity index (χ2v) is 7.11. The fourth-order valence-electron chi connectivity index (χ4n) is 2.13. The third-order valence-electron chi connectivity index (χ3n) is 3.12. The largest absolute Gasteiger partial charge is 0.380 e. The van der Waals surface area contributed by atoms with Crippen LogP contribution in [-0.4, -0.2) is 4.98 Å². The minimum absolute atomic E-state index is 0.753. The summed E-state index contributed by atoms with van der Waals surface area (Å²) in [6.07, 6.45) is 1.83. The van der Waals surface area contributed by atoms with Crippen molar-refractivity contribution in [2.24, 2.45) is 0 Å². The SMILES string of the molecule is Cc1ccc(NCc2cc(Br)c(Cl)s2)c2cccnc12. The van der Waals surface area contributed by atoms with E-state index in [2.05, 4.69) is 57.4 Å². The van der Waals surface area contributed by atoms with Crippen LogP contribution in [0.3, 0.4) is 0 Å². The highest BCUT2D eigenvalue weighted by Gasteiger charge is 2.07. The molecule has 1 aromatic carbocycles. The smallest absolute Gasteiger partial charge is 0.107 e. The Balaban J connectivity index is 1.89. The highest BCUT2D eigenvalue weighted by molar-refractivity contribution is 9.10. The second kappa shape index (κ2) is 5.72. The van der Waals surface area contributed by atoms with Crippen molar-refractivity contribution in [2.45, 2.75) is 13.5 Å². The Morgan fingerprint density at radius 3 is 2.95 bits per heavy atom. The van der Waals surface area contributed by atoms with Gasteiger partial charge in [-0.25, -0.2) is 0 Å². The van der Waals surface area contributed by atoms with Gasteiger partial charge in [-0.2, -0.15) is 0 Å². The van der Waals surface area contributed by atoms with Crippen LogP contribution in [0.2, 0.25) is 4.34 Å². The van der Waals surface area contributed by atoms with Crippen molar-refractivity contribution in [1.29, 1.82) is 0 Å². The van der Waals surface area contributed by atoms with Crippen LogP contribution in [0, 0.1) is 6.92 Å². The Morgan fingerprint density at radius 2 is 2.20 bits per heavy atom. The van der Waals surface area contributed by atoms with E-state index in [1.165, 1.54) is 10.4 Å². The summed E-state index contributed by atoms with van der Waals surface area (Å²) in [5, 5.41) is 4.61. The number of thiophene rings is 1. The average molecular weight is 368 g/mol. The topological polar surface area (TPSA) is 24.9 Å². The number of nitrogens with zero attached hydrogens (tertiary/aromatic N) is 1. The van der Waals surface area contributed by atoms with Crippen LogP contribution in [0.1, 0.15) is 10.4 Å². The molecule has 0 fully saturated rings. The average Bonchev–Trinajstić information content (AvgIpc) is 2.77. The predicted octanol–water partition coefficient (Wildman–Crippen LogP) is 5.63. The number of rotatable bonds is 3. The van der Waals surface area contributed by atoms with Crippen LogP contribution < -0.4 is 5.32 Å². The number of fused-ring (bicyclic) bond motifs is 1. The van der Waals surface area contributed by atoms with Gasteiger partial charge in [-0.15, -0.1) is 11.3 Å². The molecule has 20 heavy (non-hydrogen) atoms. The van der Waals surface area contributed by atoms with Crippen molar-refractivity contribution < 1.29 is 0 Å². The molecule has 2 nitrogen and oxygen atoms in total. The van der Waals surface area contributed by atoms with Crippen molar-refractivity contribution in [3.05, 3.63) is 55.8 Å². The monoisotopic (exact) mass is 366 g/mol. The zero-order valence-corrected chi connectivity index (χ0v) is 13.9. The van der Waals surface area contributed by atoms with Crippen molar-refractivity contribution in [3.63, 3.8) is 0 Å². The van der Waals surface area contributed by atoms with Gasteiger partial charge in [-0.3, -0.25) is 4.98 Å². The Bertz CT molecular complexity index is 750. The second-order valence-electron chi connectivity index (χ2n) is 4.52. The lowest BCUT2D eigenvalue weighted by molar-refractivity contribution is 1.19. The van der Waals surface area contributed by atoms with E-state index in [1.54, 1.807) is 11.3 Å². The van der Waals surface area contributed by atoms with Gasteiger partial charge in [0.05, 0.1) is 5.52 Å². The van der Waals surface area contributed by atoms with Gasteiger partial charge < -0.3 is 5.32 Å². The molecular weight excluding hydrogens is 356 g/mol. The normalized spacial score (nSPS) is 10.9. The fourth-order valence-corrected chi connectivity index (χ4v) is 3.86. The lowest BCUT2D eigenvalue weighted by atomic mass is 10.1. The first kappa shape index (κ1) is 13.9. The standard InChI is InChI=1S/C15H12BrClN2S/c1-9-4-5-13(11-3-2-6-18-14(9)11)19-8-10-7-12(16)15(17)20-10/h2-7,19H,8H2,1H3. The van der Waals surface area contributed by atoms with E-state index in [0.717, 1.165) is 31.9 Å². The highest BCUT2D eigenvalue weighted by Crippen LogP contribution is 2.33. The lowest BCUT2D eigenvalue weighted by Gasteiger charge is -2.10. The molecule has 0 aliphatic rings. The molecule has 5 heteroatoms. The van der Waals surface area contributed by atoms with Gasteiger partial charge in [-0.1, -0.05) is 17.7 Å². The molecule has 2 heterocycles. The third kappa shape index (κ3) is 2.68. The Labute approximate surface area is 134 Å². The quantitative estimate of drug-likeness (QED) is 0.648. The predicted molar refractivity (Wildman–Crippen MR) is 90.8 cm³/mol. The number of pyridine rings is 1. The number of aryl methyl sites for hydroxylation is 1. The van der Waals surface area contributed by atoms with Crippen molar-refractivity contribution in [3.8, 4) is 0 Å². The molecular formula is C15H12BrClN2S. The van der Waals surface area contributed by atoms with E-state index in [4.69, 9.17) is 11.6 Å². The van der Waals surface area contributed by atoms with Gasteiger partial charge in [0.25, 0.3) is 0 Å². The molecule has 0 aliphatic carbocycles. The van der Waals surface area contributed by atoms with Crippen molar-refractivity contribution in [1.82, 2.24) is 4.98 Å². The number of anilines is 1. The molecule has 0 aliphatic heterocycles. The summed E-state index contributed by atoms with van der Waals surface area (Å²) in [6, 6.07) is 10.3. The number of hydrogen-bond acceptors (Lipinski definition) is 3. The van der Waals surface area contributed by atoms with Crippen LogP contribution in [0.15, 0.2) is 41.0 Å². The number of nitrogens with one attached hydrogen (secondary N) is 1. The summed E-state index contributed by atoms with van der Waals surface area (Å²) in [6.45, 7) is 2.83. The van der Waals surface area contributed by atoms with Gasteiger partial charge >= 0.3 is 0 Å². The molecule has 3 rings (SSSR count). The molecule has 0 unspecified atom stereocenters. The zero-order valence-electron chi connectivity index (χ0n) is 10.8. The lowest BCUT2D eigenvalue weighted by Crippen LogP contribution is -1.99. The summed E-state index contributed by atoms with van der Waals surface area (Å²) in [7, 11) is 0. The fraction of sp³-hybridized carbons (Fsp3) is 0.133. The van der Waals surface area contributed by atoms with E-state index < -0.39 is 0 Å². The van der Waals surface area contributed by atoms with Crippen molar-refractivity contribution in [2.75, 3.05) is 5.32 Å². The molecule has 0 atom stereocenters. The summed E-state index contributed by atoms with van der Waals surface area (Å²) in [4.78, 5) is 5.64. The number of benzene rings is 1. The van der Waals surface area contributed by atoms with Gasteiger partial charge in [0.15, 0.2) is 0 Å². The third-order valence-corrected chi connectivity index (χ3v) is 5.60. The van der Waals surface area contributed by atoms with Crippen LogP contribution in [0.5, 0.6) is 0 Å². The molecule has 0 saturated carbocycles. The Morgan fingerprint density at radius 1 is 1.35 bits per heavy atom. The van der Waals surface area contributed by atoms with E-state index in [1.807, 2.05) is 12.3 Å². The van der Waals surface area contributed by atoms with Gasteiger partial charge in [0.2, 0.25) is 0 Å². The van der Waals surface area contributed by atoms with E-state index in [9.17, 15) is 0 Å². The number of halogens is 2. The van der Waals surface area contributed by atoms with E-state index in [0.29, 0.717) is 0 Å². The number of aromatic nitrogens is 1. The van der Waals surface area contributed by atoms with Gasteiger partial charge in [-0.05, 0) is 52.7 Å². The van der Waals surface area contributed by atoms with Crippen LogP contribution in [0.25, 0.3) is 10.9 Å². The van der Waals surface area contributed by atoms with Gasteiger partial charge in [0, 0.05) is 33.2 Å². The molecule has 0 spiro atoms. The van der Waals surface area contributed by atoms with Crippen LogP contribution in [-0.2, 0) is 6.54 Å².